The Morgan fingerprint density at radius 1 is 0.875 bits per heavy atom. The second-order valence-electron chi connectivity index (χ2n) is 9.58. The Hall–Kier alpha value is -3.11. The zero-order valence-corrected chi connectivity index (χ0v) is 23.0. The van der Waals surface area contributed by atoms with Gasteiger partial charge in [-0.2, -0.15) is 0 Å². The molecule has 1 aliphatic heterocycles. The lowest BCUT2D eigenvalue weighted by Crippen LogP contribution is -2.64. The molecule has 5 atom stereocenters. The summed E-state index contributed by atoms with van der Waals surface area (Å²) in [5.41, 5.74) is 2.85. The third-order valence-electron chi connectivity index (χ3n) is 6.85. The summed E-state index contributed by atoms with van der Waals surface area (Å²) in [4.78, 5) is 13.2. The highest BCUT2D eigenvalue weighted by atomic mass is 16.7. The minimum atomic E-state index is -1.77. The Morgan fingerprint density at radius 3 is 1.90 bits per heavy atom. The molecule has 3 aromatic rings. The van der Waals surface area contributed by atoms with E-state index in [0.717, 1.165) is 16.7 Å². The number of aliphatic hydroxyl groups excluding tert-OH is 1. The van der Waals surface area contributed by atoms with Crippen LogP contribution in [0.15, 0.2) is 91.0 Å². The molecule has 0 spiro atoms. The summed E-state index contributed by atoms with van der Waals surface area (Å²) in [5.74, 6) is -2.44. The van der Waals surface area contributed by atoms with Crippen molar-refractivity contribution in [1.29, 1.82) is 0 Å². The number of carbonyl (C=O) groups excluding carboxylic acids is 1. The monoisotopic (exact) mass is 550 g/mol. The summed E-state index contributed by atoms with van der Waals surface area (Å²) in [6.45, 7) is 2.27. The molecule has 1 heterocycles. The van der Waals surface area contributed by atoms with Gasteiger partial charge in [0.1, 0.15) is 18.3 Å². The van der Waals surface area contributed by atoms with Crippen LogP contribution < -0.4 is 0 Å². The molecule has 8 heteroatoms. The van der Waals surface area contributed by atoms with Gasteiger partial charge in [0, 0.05) is 13.5 Å². The van der Waals surface area contributed by atoms with Crippen molar-refractivity contribution in [1.82, 2.24) is 0 Å². The quantitative estimate of drug-likeness (QED) is 0.295. The molecule has 0 aromatic heterocycles. The molecule has 0 bridgehead atoms. The van der Waals surface area contributed by atoms with Crippen molar-refractivity contribution in [3.05, 3.63) is 108 Å². The van der Waals surface area contributed by atoms with Crippen LogP contribution in [0.4, 0.5) is 0 Å². The number of aliphatic hydroxyl groups is 1. The van der Waals surface area contributed by atoms with E-state index in [1.165, 1.54) is 7.11 Å². The van der Waals surface area contributed by atoms with Gasteiger partial charge in [-0.1, -0.05) is 91.0 Å². The van der Waals surface area contributed by atoms with Crippen LogP contribution in [-0.4, -0.2) is 61.6 Å². The Kier molecular flexibility index (Phi) is 11.2. The van der Waals surface area contributed by atoms with E-state index in [9.17, 15) is 9.90 Å². The molecule has 0 unspecified atom stereocenters. The topological polar surface area (TPSA) is 92.7 Å². The van der Waals surface area contributed by atoms with Crippen LogP contribution in [0.5, 0.6) is 0 Å². The molecule has 40 heavy (non-hydrogen) atoms. The van der Waals surface area contributed by atoms with Gasteiger partial charge in [0.05, 0.1) is 39.1 Å². The first-order valence-corrected chi connectivity index (χ1v) is 13.6. The van der Waals surface area contributed by atoms with Crippen LogP contribution >= 0.6 is 0 Å². The van der Waals surface area contributed by atoms with Crippen molar-refractivity contribution in [2.24, 2.45) is 0 Å². The first-order valence-electron chi connectivity index (χ1n) is 13.6. The normalized spacial score (nSPS) is 23.4. The molecule has 0 saturated carbocycles. The number of hydrogen-bond acceptors (Lipinski definition) is 8. The van der Waals surface area contributed by atoms with E-state index in [-0.39, 0.29) is 39.5 Å². The first kappa shape index (κ1) is 29.9. The number of rotatable bonds is 14. The maximum absolute atomic E-state index is 13.2. The van der Waals surface area contributed by atoms with Gasteiger partial charge >= 0.3 is 5.97 Å². The van der Waals surface area contributed by atoms with Crippen molar-refractivity contribution in [2.75, 3.05) is 20.3 Å². The van der Waals surface area contributed by atoms with Crippen molar-refractivity contribution in [3.8, 4) is 0 Å². The maximum atomic E-state index is 13.2. The summed E-state index contributed by atoms with van der Waals surface area (Å²) in [7, 11) is 1.40. The third kappa shape index (κ3) is 7.75. The lowest BCUT2D eigenvalue weighted by molar-refractivity contribution is -0.332. The van der Waals surface area contributed by atoms with Crippen LogP contribution in [0.2, 0.25) is 0 Å². The second-order valence-corrected chi connectivity index (χ2v) is 9.58. The number of ether oxygens (including phenoxy) is 6. The minimum Gasteiger partial charge on any atom is -0.462 e. The smallest absolute Gasteiger partial charge is 0.366 e. The molecule has 1 N–H and O–H groups in total. The number of methoxy groups -OCH3 is 1. The summed E-state index contributed by atoms with van der Waals surface area (Å²) in [6, 6.07) is 29.1. The van der Waals surface area contributed by atoms with Crippen molar-refractivity contribution in [3.63, 3.8) is 0 Å². The molecule has 0 amide bonds. The Bertz CT molecular complexity index is 1140. The molecule has 1 fully saturated rings. The summed E-state index contributed by atoms with van der Waals surface area (Å²) >= 11 is 0. The number of esters is 1. The molecule has 3 aromatic carbocycles. The Labute approximate surface area is 235 Å². The van der Waals surface area contributed by atoms with Crippen molar-refractivity contribution in [2.45, 2.75) is 63.4 Å². The van der Waals surface area contributed by atoms with Gasteiger partial charge < -0.3 is 33.5 Å². The van der Waals surface area contributed by atoms with E-state index in [1.807, 2.05) is 91.0 Å². The van der Waals surface area contributed by atoms with Crippen LogP contribution in [0.25, 0.3) is 0 Å². The standard InChI is InChI=1S/C32H38O8/c1-3-36-31(34)32(35-2)19-27(37-21-24-13-7-4-8-14-24)29(39-23-26-17-11-6-12-18-26)30(40-32)28(20-33)38-22-25-15-9-5-10-16-25/h4-18,27-30,33H,3,19-23H2,1-2H3/t27-,28-,29-,30-,32-/m1/s1. The van der Waals surface area contributed by atoms with Gasteiger partial charge in [0.15, 0.2) is 0 Å². The molecule has 1 aliphatic rings. The lowest BCUT2D eigenvalue weighted by atomic mass is 9.91. The molecular weight excluding hydrogens is 512 g/mol. The molecule has 8 nitrogen and oxygen atoms in total. The van der Waals surface area contributed by atoms with E-state index in [0.29, 0.717) is 0 Å². The molecular formula is C32H38O8. The van der Waals surface area contributed by atoms with Crippen LogP contribution in [-0.2, 0) is 53.0 Å². The lowest BCUT2D eigenvalue weighted by Gasteiger charge is -2.47. The van der Waals surface area contributed by atoms with Gasteiger partial charge in [-0.3, -0.25) is 0 Å². The third-order valence-corrected chi connectivity index (χ3v) is 6.85. The van der Waals surface area contributed by atoms with Crippen molar-refractivity contribution >= 4 is 5.97 Å². The minimum absolute atomic E-state index is 0.0297. The van der Waals surface area contributed by atoms with E-state index in [4.69, 9.17) is 28.4 Å². The summed E-state index contributed by atoms with van der Waals surface area (Å²) in [5, 5.41) is 10.5. The zero-order valence-electron chi connectivity index (χ0n) is 23.0. The highest BCUT2D eigenvalue weighted by Crippen LogP contribution is 2.37. The zero-order chi connectivity index (χ0) is 28.2. The fourth-order valence-corrected chi connectivity index (χ4v) is 4.73. The Balaban J connectivity index is 1.65. The highest BCUT2D eigenvalue weighted by Gasteiger charge is 2.56. The van der Waals surface area contributed by atoms with Gasteiger partial charge in [-0.15, -0.1) is 0 Å². The molecule has 0 radical (unpaired) electrons. The predicted molar refractivity (Wildman–Crippen MR) is 148 cm³/mol. The number of carbonyl (C=O) groups is 1. The largest absolute Gasteiger partial charge is 0.462 e. The van der Waals surface area contributed by atoms with E-state index < -0.39 is 36.2 Å². The fraction of sp³-hybridized carbons (Fsp3) is 0.406. The molecule has 214 valence electrons. The molecule has 4 rings (SSSR count). The highest BCUT2D eigenvalue weighted by molar-refractivity contribution is 5.78. The molecule has 1 saturated heterocycles. The Morgan fingerprint density at radius 2 is 1.40 bits per heavy atom. The van der Waals surface area contributed by atoms with Gasteiger partial charge in [0.2, 0.25) is 0 Å². The number of benzene rings is 3. The molecule has 0 aliphatic carbocycles. The average Bonchev–Trinajstić information content (AvgIpc) is 3.01. The summed E-state index contributed by atoms with van der Waals surface area (Å²) < 4.78 is 36.5. The predicted octanol–water partition coefficient (Wildman–Crippen LogP) is 4.43. The van der Waals surface area contributed by atoms with Crippen LogP contribution in [0.1, 0.15) is 30.0 Å². The van der Waals surface area contributed by atoms with Gasteiger partial charge in [0.25, 0.3) is 5.79 Å². The van der Waals surface area contributed by atoms with E-state index in [1.54, 1.807) is 6.92 Å². The second kappa shape index (κ2) is 15.0. The summed E-state index contributed by atoms with van der Waals surface area (Å²) in [6.07, 6.45) is -3.09. The van der Waals surface area contributed by atoms with E-state index in [2.05, 4.69) is 0 Å². The van der Waals surface area contributed by atoms with Gasteiger partial charge in [-0.25, -0.2) is 4.79 Å². The van der Waals surface area contributed by atoms with Gasteiger partial charge in [-0.05, 0) is 23.6 Å². The SMILES string of the molecule is CCOC(=O)[C@@]1(OC)C[C@@H](OCc2ccccc2)[C@@H](OCc2ccccc2)[C@@H]([C@@H](CO)OCc2ccccc2)O1. The maximum Gasteiger partial charge on any atom is 0.366 e. The van der Waals surface area contributed by atoms with Crippen LogP contribution in [0, 0.1) is 0 Å². The van der Waals surface area contributed by atoms with Crippen LogP contribution in [0.3, 0.4) is 0 Å². The fourth-order valence-electron chi connectivity index (χ4n) is 4.73. The number of hydrogen-bond donors (Lipinski definition) is 1. The average molecular weight is 551 g/mol. The van der Waals surface area contributed by atoms with Crippen molar-refractivity contribution < 1.29 is 38.3 Å². The van der Waals surface area contributed by atoms with E-state index >= 15 is 0 Å². The first-order chi connectivity index (χ1) is 19.6.